The van der Waals surface area contributed by atoms with Gasteiger partial charge in [0.05, 0.1) is 6.54 Å². The fourth-order valence-corrected chi connectivity index (χ4v) is 1.04. The Balaban J connectivity index is 2.05. The molecule has 0 saturated heterocycles. The highest BCUT2D eigenvalue weighted by Gasteiger charge is 2.03. The van der Waals surface area contributed by atoms with Gasteiger partial charge in [-0.3, -0.25) is 0 Å². The van der Waals surface area contributed by atoms with Crippen molar-refractivity contribution in [3.8, 4) is 0 Å². The minimum absolute atomic E-state index is 0.0260. The van der Waals surface area contributed by atoms with Gasteiger partial charge in [0.1, 0.15) is 0 Å². The van der Waals surface area contributed by atoms with E-state index in [0.29, 0.717) is 12.4 Å². The number of hydrogen-bond acceptors (Lipinski definition) is 8. The lowest BCUT2D eigenvalue weighted by atomic mass is 10.6. The summed E-state index contributed by atoms with van der Waals surface area (Å²) in [6.45, 7) is 0.316. The standard InChI is InChI=1S/C6H6ClN7O/c7-4-11-5(8)13-6(12-4)9-1-3-10-2-15-14-3/h2H,1H2,(H3,8,9,11,12,13). The summed E-state index contributed by atoms with van der Waals surface area (Å²) in [7, 11) is 0. The summed E-state index contributed by atoms with van der Waals surface area (Å²) in [5.41, 5.74) is 5.37. The van der Waals surface area contributed by atoms with Gasteiger partial charge in [0, 0.05) is 0 Å². The zero-order valence-corrected chi connectivity index (χ0v) is 8.14. The second-order valence-electron chi connectivity index (χ2n) is 2.49. The second-order valence-corrected chi connectivity index (χ2v) is 2.83. The van der Waals surface area contributed by atoms with E-state index in [0.717, 1.165) is 0 Å². The van der Waals surface area contributed by atoms with E-state index in [1.807, 2.05) is 0 Å². The molecule has 0 amide bonds. The van der Waals surface area contributed by atoms with Crippen LogP contribution in [-0.2, 0) is 6.54 Å². The third-order valence-corrected chi connectivity index (χ3v) is 1.61. The first-order valence-corrected chi connectivity index (χ1v) is 4.28. The van der Waals surface area contributed by atoms with Crippen LogP contribution in [0.3, 0.4) is 0 Å². The van der Waals surface area contributed by atoms with E-state index in [1.165, 1.54) is 6.39 Å². The predicted octanol–water partition coefficient (Wildman–Crippen LogP) is 0.102. The number of anilines is 2. The van der Waals surface area contributed by atoms with Gasteiger partial charge in [0.25, 0.3) is 0 Å². The number of halogens is 1. The molecule has 0 aliphatic carbocycles. The lowest BCUT2D eigenvalue weighted by Gasteiger charge is -2.01. The molecule has 0 saturated carbocycles. The van der Waals surface area contributed by atoms with Gasteiger partial charge < -0.3 is 15.6 Å². The zero-order valence-electron chi connectivity index (χ0n) is 7.38. The Morgan fingerprint density at radius 1 is 1.40 bits per heavy atom. The van der Waals surface area contributed by atoms with Gasteiger partial charge >= 0.3 is 0 Å². The Morgan fingerprint density at radius 2 is 2.27 bits per heavy atom. The van der Waals surface area contributed by atoms with Crippen LogP contribution in [0, 0.1) is 0 Å². The molecule has 78 valence electrons. The van der Waals surface area contributed by atoms with E-state index >= 15 is 0 Å². The number of nitrogens with zero attached hydrogens (tertiary/aromatic N) is 5. The van der Waals surface area contributed by atoms with Crippen LogP contribution in [0.15, 0.2) is 10.9 Å². The van der Waals surface area contributed by atoms with Crippen molar-refractivity contribution in [2.24, 2.45) is 0 Å². The molecule has 2 aromatic rings. The maximum atomic E-state index is 5.58. The molecule has 2 rings (SSSR count). The molecule has 2 aromatic heterocycles. The van der Waals surface area contributed by atoms with Crippen LogP contribution < -0.4 is 11.1 Å². The molecule has 9 heteroatoms. The second kappa shape index (κ2) is 4.05. The number of rotatable bonds is 3. The Labute approximate surface area is 88.9 Å². The molecule has 0 aromatic carbocycles. The van der Waals surface area contributed by atoms with Crippen LogP contribution in [0.4, 0.5) is 11.9 Å². The number of nitrogens with two attached hydrogens (primary N) is 1. The van der Waals surface area contributed by atoms with Crippen molar-refractivity contribution in [2.75, 3.05) is 11.1 Å². The van der Waals surface area contributed by atoms with E-state index in [4.69, 9.17) is 17.3 Å². The van der Waals surface area contributed by atoms with Crippen LogP contribution in [0.1, 0.15) is 5.82 Å². The third kappa shape index (κ3) is 2.50. The predicted molar refractivity (Wildman–Crippen MR) is 50.9 cm³/mol. The fraction of sp³-hybridized carbons (Fsp3) is 0.167. The quantitative estimate of drug-likeness (QED) is 0.759. The summed E-state index contributed by atoms with van der Waals surface area (Å²) in [4.78, 5) is 15.0. The van der Waals surface area contributed by atoms with E-state index in [-0.39, 0.29) is 17.2 Å². The van der Waals surface area contributed by atoms with E-state index < -0.39 is 0 Å². The molecule has 0 spiro atoms. The van der Waals surface area contributed by atoms with Crippen molar-refractivity contribution in [3.05, 3.63) is 17.5 Å². The molecule has 0 radical (unpaired) electrons. The minimum atomic E-state index is 0.0260. The van der Waals surface area contributed by atoms with Gasteiger partial charge in [0.15, 0.2) is 5.82 Å². The summed E-state index contributed by atoms with van der Waals surface area (Å²) in [6.07, 6.45) is 1.23. The summed E-state index contributed by atoms with van der Waals surface area (Å²) in [6, 6.07) is 0. The fourth-order valence-electron chi connectivity index (χ4n) is 0.873. The average Bonchev–Trinajstić information content (AvgIpc) is 2.65. The van der Waals surface area contributed by atoms with E-state index in [9.17, 15) is 0 Å². The van der Waals surface area contributed by atoms with E-state index in [2.05, 4.69) is 34.9 Å². The Hall–Kier alpha value is -1.96. The molecule has 8 nitrogen and oxygen atoms in total. The molecule has 0 bridgehead atoms. The smallest absolute Gasteiger partial charge is 0.229 e. The molecule has 0 atom stereocenters. The lowest BCUT2D eigenvalue weighted by molar-refractivity contribution is 0.411. The number of aromatic nitrogens is 5. The largest absolute Gasteiger partial charge is 0.368 e. The SMILES string of the molecule is Nc1nc(Cl)nc(NCc2ncon2)n1. The molecule has 15 heavy (non-hydrogen) atoms. The van der Waals surface area contributed by atoms with Gasteiger partial charge in [-0.2, -0.15) is 19.9 Å². The van der Waals surface area contributed by atoms with Gasteiger partial charge in [0.2, 0.25) is 23.6 Å². The molecule has 0 unspecified atom stereocenters. The molecule has 2 heterocycles. The minimum Gasteiger partial charge on any atom is -0.368 e. The molecule has 0 aliphatic rings. The first kappa shape index (κ1) is 9.59. The van der Waals surface area contributed by atoms with Crippen molar-refractivity contribution < 1.29 is 4.52 Å². The van der Waals surface area contributed by atoms with Crippen LogP contribution >= 0.6 is 11.6 Å². The number of nitrogen functional groups attached to an aromatic ring is 1. The van der Waals surface area contributed by atoms with Gasteiger partial charge in [-0.15, -0.1) is 0 Å². The first-order valence-electron chi connectivity index (χ1n) is 3.90. The first-order chi connectivity index (χ1) is 7.24. The van der Waals surface area contributed by atoms with Crippen molar-refractivity contribution in [3.63, 3.8) is 0 Å². The average molecular weight is 228 g/mol. The normalized spacial score (nSPS) is 10.2. The van der Waals surface area contributed by atoms with Crippen molar-refractivity contribution in [2.45, 2.75) is 6.54 Å². The molecule has 3 N–H and O–H groups in total. The zero-order chi connectivity index (χ0) is 10.7. The lowest BCUT2D eigenvalue weighted by Crippen LogP contribution is -2.07. The van der Waals surface area contributed by atoms with Crippen LogP contribution in [0.5, 0.6) is 0 Å². The molecular weight excluding hydrogens is 222 g/mol. The maximum absolute atomic E-state index is 5.58. The van der Waals surface area contributed by atoms with Crippen LogP contribution in [0.25, 0.3) is 0 Å². The van der Waals surface area contributed by atoms with Crippen molar-refractivity contribution in [1.29, 1.82) is 0 Å². The Kier molecular flexibility index (Phi) is 2.59. The van der Waals surface area contributed by atoms with E-state index in [1.54, 1.807) is 0 Å². The molecule has 0 aliphatic heterocycles. The highest BCUT2D eigenvalue weighted by atomic mass is 35.5. The van der Waals surface area contributed by atoms with Crippen LogP contribution in [-0.4, -0.2) is 25.1 Å². The third-order valence-electron chi connectivity index (χ3n) is 1.44. The van der Waals surface area contributed by atoms with Crippen molar-refractivity contribution in [1.82, 2.24) is 25.1 Å². The van der Waals surface area contributed by atoms with Gasteiger partial charge in [-0.25, -0.2) is 0 Å². The molecular formula is C6H6ClN7O. The summed E-state index contributed by atoms with van der Waals surface area (Å²) in [5.74, 6) is 0.785. The van der Waals surface area contributed by atoms with Crippen LogP contribution in [0.2, 0.25) is 5.28 Å². The maximum Gasteiger partial charge on any atom is 0.229 e. The summed E-state index contributed by atoms with van der Waals surface area (Å²) < 4.78 is 4.55. The summed E-state index contributed by atoms with van der Waals surface area (Å²) >= 11 is 5.58. The Bertz CT molecular complexity index is 424. The van der Waals surface area contributed by atoms with Crippen molar-refractivity contribution >= 4 is 23.5 Å². The number of hydrogen-bond donors (Lipinski definition) is 2. The van der Waals surface area contributed by atoms with Gasteiger partial charge in [-0.05, 0) is 11.6 Å². The Morgan fingerprint density at radius 3 is 2.93 bits per heavy atom. The highest BCUT2D eigenvalue weighted by molar-refractivity contribution is 6.28. The number of nitrogens with one attached hydrogen (secondary N) is 1. The molecule has 0 fully saturated rings. The highest BCUT2D eigenvalue weighted by Crippen LogP contribution is 2.07. The summed E-state index contributed by atoms with van der Waals surface area (Å²) in [5, 5.41) is 6.44. The topological polar surface area (TPSA) is 116 Å². The van der Waals surface area contributed by atoms with Gasteiger partial charge in [-0.1, -0.05) is 5.16 Å². The monoisotopic (exact) mass is 227 g/mol.